The normalized spacial score (nSPS) is 19.7. The SMILES string of the molecule is CCCCC/C=C\C/C=C\C/C=C\C/C=C\CCCCC(O)C(=O)NC(COC1OC(CO)C(O)C(O)C1OC(=O)CCCCCC/C=C\C/C=C\C/C=C\CCCCC)C(O)/C=C/CCCCCCCCCCCCC. The van der Waals surface area contributed by atoms with Gasteiger partial charge in [0, 0.05) is 6.42 Å². The summed E-state index contributed by atoms with van der Waals surface area (Å²) < 4.78 is 17.6. The Bertz CT molecular complexity index is 1620. The number of hydrogen-bond acceptors (Lipinski definition) is 10. The van der Waals surface area contributed by atoms with Gasteiger partial charge in [0.05, 0.1) is 25.4 Å². The van der Waals surface area contributed by atoms with Gasteiger partial charge in [-0.05, 0) is 109 Å². The molecule has 1 heterocycles. The van der Waals surface area contributed by atoms with E-state index in [2.05, 4.69) is 111 Å². The molecule has 11 heteroatoms. The first-order valence-corrected chi connectivity index (χ1v) is 31.0. The minimum Gasteiger partial charge on any atom is -0.454 e. The van der Waals surface area contributed by atoms with Gasteiger partial charge in [0.2, 0.25) is 5.91 Å². The van der Waals surface area contributed by atoms with Crippen molar-refractivity contribution in [1.82, 2.24) is 5.32 Å². The van der Waals surface area contributed by atoms with Crippen LogP contribution in [0.15, 0.2) is 97.2 Å². The van der Waals surface area contributed by atoms with E-state index in [1.807, 2.05) is 6.08 Å². The Labute approximate surface area is 469 Å². The molecule has 0 radical (unpaired) electrons. The van der Waals surface area contributed by atoms with Crippen molar-refractivity contribution in [2.45, 2.75) is 294 Å². The zero-order chi connectivity index (χ0) is 56.1. The van der Waals surface area contributed by atoms with E-state index in [0.717, 1.165) is 109 Å². The summed E-state index contributed by atoms with van der Waals surface area (Å²) in [5, 5.41) is 56.9. The number of nitrogens with one attached hydrogen (secondary N) is 1. The monoisotopic (exact) mass is 1080 g/mol. The summed E-state index contributed by atoms with van der Waals surface area (Å²) in [4.78, 5) is 26.5. The molecular formula is C66H113NO10. The molecule has 0 aromatic rings. The van der Waals surface area contributed by atoms with Crippen LogP contribution >= 0.6 is 0 Å². The summed E-state index contributed by atoms with van der Waals surface area (Å²) in [6, 6.07) is -1.05. The van der Waals surface area contributed by atoms with E-state index in [9.17, 15) is 35.1 Å². The van der Waals surface area contributed by atoms with Crippen molar-refractivity contribution in [2.24, 2.45) is 0 Å². The maximum absolute atomic E-state index is 13.4. The highest BCUT2D eigenvalue weighted by Gasteiger charge is 2.47. The number of rotatable bonds is 51. The van der Waals surface area contributed by atoms with Crippen molar-refractivity contribution >= 4 is 11.9 Å². The number of amides is 1. The quantitative estimate of drug-likeness (QED) is 0.0195. The predicted molar refractivity (Wildman–Crippen MR) is 319 cm³/mol. The molecule has 0 aliphatic carbocycles. The molecule has 1 rings (SSSR count). The van der Waals surface area contributed by atoms with Crippen LogP contribution in [-0.2, 0) is 23.8 Å². The van der Waals surface area contributed by atoms with Crippen LogP contribution in [0.4, 0.5) is 0 Å². The van der Waals surface area contributed by atoms with Crippen LogP contribution < -0.4 is 5.32 Å². The van der Waals surface area contributed by atoms with Crippen molar-refractivity contribution in [3.63, 3.8) is 0 Å². The van der Waals surface area contributed by atoms with E-state index in [0.29, 0.717) is 12.8 Å². The fraction of sp³-hybridized carbons (Fsp3) is 0.727. The lowest BCUT2D eigenvalue weighted by atomic mass is 9.99. The largest absolute Gasteiger partial charge is 0.454 e. The van der Waals surface area contributed by atoms with E-state index in [-0.39, 0.29) is 19.4 Å². The molecule has 442 valence electrons. The van der Waals surface area contributed by atoms with E-state index in [1.165, 1.54) is 89.9 Å². The van der Waals surface area contributed by atoms with Crippen molar-refractivity contribution < 1.29 is 49.3 Å². The second kappa shape index (κ2) is 53.2. The molecule has 0 bridgehead atoms. The van der Waals surface area contributed by atoms with Crippen LogP contribution in [0.5, 0.6) is 0 Å². The highest BCUT2D eigenvalue weighted by molar-refractivity contribution is 5.80. The first kappa shape index (κ1) is 71.6. The van der Waals surface area contributed by atoms with Gasteiger partial charge in [0.15, 0.2) is 12.4 Å². The third kappa shape index (κ3) is 41.3. The van der Waals surface area contributed by atoms with E-state index < -0.39 is 67.4 Å². The molecular weight excluding hydrogens is 967 g/mol. The minimum absolute atomic E-state index is 0.0892. The summed E-state index contributed by atoms with van der Waals surface area (Å²) in [5.74, 6) is -1.25. The number of allylic oxidation sites excluding steroid dienone is 15. The lowest BCUT2D eigenvalue weighted by molar-refractivity contribution is -0.305. The minimum atomic E-state index is -1.63. The molecule has 77 heavy (non-hydrogen) atoms. The fourth-order valence-electron chi connectivity index (χ4n) is 8.99. The van der Waals surface area contributed by atoms with Crippen molar-refractivity contribution in [3.05, 3.63) is 97.2 Å². The molecule has 1 saturated heterocycles. The molecule has 11 nitrogen and oxygen atoms in total. The van der Waals surface area contributed by atoms with Crippen LogP contribution in [0.25, 0.3) is 0 Å². The lowest BCUT2D eigenvalue weighted by Gasteiger charge is -2.41. The van der Waals surface area contributed by atoms with Crippen LogP contribution in [0.2, 0.25) is 0 Å². The van der Waals surface area contributed by atoms with Crippen LogP contribution in [0.3, 0.4) is 0 Å². The van der Waals surface area contributed by atoms with Gasteiger partial charge in [-0.15, -0.1) is 0 Å². The number of aliphatic hydroxyl groups is 5. The summed E-state index contributed by atoms with van der Waals surface area (Å²) in [6.45, 7) is 5.69. The maximum atomic E-state index is 13.4. The van der Waals surface area contributed by atoms with Crippen LogP contribution in [-0.4, -0.2) is 99.6 Å². The molecule has 0 spiro atoms. The standard InChI is InChI=1S/C66H113NO10/c1-4-7-10-13-16-19-22-25-27-29-31-32-35-38-41-44-47-50-53-59(70)65(74)67-57(58(69)52-49-46-43-40-37-34-24-21-18-15-12-9-6-3)56-75-66-64(63(73)62(72)60(55-68)76-66)77-61(71)54-51-48-45-42-39-36-33-30-28-26-23-20-17-14-11-8-5-2/h16-17,19-20,25-28,31-33,36,38,41,49,52,57-60,62-64,66,68-70,72-73H,4-15,18,21-24,29-30,34-35,37,39-40,42-48,50-51,53-56H2,1-3H3,(H,67,74)/b19-16-,20-17-,27-25-,28-26-,32-31-,36-33-,41-38-,52-49+. The number of esters is 1. The Morgan fingerprint density at radius 3 is 1.36 bits per heavy atom. The molecule has 1 aliphatic rings. The molecule has 1 aliphatic heterocycles. The zero-order valence-electron chi connectivity index (χ0n) is 48.8. The Hall–Kier alpha value is -3.42. The van der Waals surface area contributed by atoms with Crippen molar-refractivity contribution in [1.29, 1.82) is 0 Å². The Morgan fingerprint density at radius 1 is 0.506 bits per heavy atom. The first-order chi connectivity index (χ1) is 37.7. The van der Waals surface area contributed by atoms with Gasteiger partial charge >= 0.3 is 5.97 Å². The lowest BCUT2D eigenvalue weighted by Crippen LogP contribution is -2.61. The second-order valence-corrected chi connectivity index (χ2v) is 21.1. The van der Waals surface area contributed by atoms with E-state index in [4.69, 9.17) is 14.2 Å². The van der Waals surface area contributed by atoms with Gasteiger partial charge in [-0.1, -0.05) is 227 Å². The van der Waals surface area contributed by atoms with Crippen LogP contribution in [0.1, 0.15) is 245 Å². The Balaban J connectivity index is 2.75. The van der Waals surface area contributed by atoms with Gasteiger partial charge in [0.25, 0.3) is 0 Å². The summed E-state index contributed by atoms with van der Waals surface area (Å²) in [5.41, 5.74) is 0. The highest BCUT2D eigenvalue weighted by atomic mass is 16.7. The molecule has 8 atom stereocenters. The molecule has 6 N–H and O–H groups in total. The third-order valence-corrected chi connectivity index (χ3v) is 14.0. The van der Waals surface area contributed by atoms with Crippen molar-refractivity contribution in [2.75, 3.05) is 13.2 Å². The Kier molecular flexibility index (Phi) is 49.5. The smallest absolute Gasteiger partial charge is 0.306 e. The van der Waals surface area contributed by atoms with E-state index >= 15 is 0 Å². The number of carbonyl (C=O) groups is 2. The number of hydrogen-bond donors (Lipinski definition) is 6. The number of unbranched alkanes of at least 4 members (excludes halogenated alkanes) is 23. The number of aliphatic hydroxyl groups excluding tert-OH is 5. The molecule has 8 unspecified atom stereocenters. The fourth-order valence-corrected chi connectivity index (χ4v) is 8.99. The highest BCUT2D eigenvalue weighted by Crippen LogP contribution is 2.26. The van der Waals surface area contributed by atoms with Crippen LogP contribution in [0, 0.1) is 0 Å². The third-order valence-electron chi connectivity index (χ3n) is 14.0. The summed E-state index contributed by atoms with van der Waals surface area (Å²) >= 11 is 0. The second-order valence-electron chi connectivity index (χ2n) is 21.1. The molecule has 0 saturated carbocycles. The first-order valence-electron chi connectivity index (χ1n) is 31.0. The van der Waals surface area contributed by atoms with E-state index in [1.54, 1.807) is 6.08 Å². The molecule has 0 aromatic carbocycles. The van der Waals surface area contributed by atoms with Gasteiger partial charge in [0.1, 0.15) is 24.4 Å². The number of ether oxygens (including phenoxy) is 3. The maximum Gasteiger partial charge on any atom is 0.306 e. The molecule has 1 amide bonds. The van der Waals surface area contributed by atoms with Gasteiger partial charge in [-0.2, -0.15) is 0 Å². The Morgan fingerprint density at radius 2 is 0.896 bits per heavy atom. The van der Waals surface area contributed by atoms with Gasteiger partial charge in [-0.25, -0.2) is 0 Å². The zero-order valence-corrected chi connectivity index (χ0v) is 48.8. The predicted octanol–water partition coefficient (Wildman–Crippen LogP) is 14.7. The average molecular weight is 1080 g/mol. The van der Waals surface area contributed by atoms with Crippen molar-refractivity contribution in [3.8, 4) is 0 Å². The summed E-state index contributed by atoms with van der Waals surface area (Å²) in [6.07, 6.45) is 60.1. The summed E-state index contributed by atoms with van der Waals surface area (Å²) in [7, 11) is 0. The van der Waals surface area contributed by atoms with Gasteiger partial charge in [-0.3, -0.25) is 9.59 Å². The average Bonchev–Trinajstić information content (AvgIpc) is 3.43. The number of carbonyl (C=O) groups excluding carboxylic acids is 2. The molecule has 0 aromatic heterocycles. The van der Waals surface area contributed by atoms with Gasteiger partial charge < -0.3 is 45.1 Å². The topological polar surface area (TPSA) is 175 Å². The molecule has 1 fully saturated rings.